The van der Waals surface area contributed by atoms with Gasteiger partial charge in [0.2, 0.25) is 0 Å². The summed E-state index contributed by atoms with van der Waals surface area (Å²) in [5.74, 6) is 3.14. The molecule has 12 heteroatoms. The van der Waals surface area contributed by atoms with E-state index in [4.69, 9.17) is 58.3 Å². The first-order valence-corrected chi connectivity index (χ1v) is 16.0. The minimum absolute atomic E-state index is 0.0354. The van der Waals surface area contributed by atoms with Crippen LogP contribution in [-0.2, 0) is 31.8 Å². The van der Waals surface area contributed by atoms with E-state index in [9.17, 15) is 0 Å². The van der Waals surface area contributed by atoms with Crippen molar-refractivity contribution in [2.24, 2.45) is 11.8 Å². The van der Waals surface area contributed by atoms with Crippen molar-refractivity contribution < 1.29 is 58.3 Å². The molecule has 0 aliphatic carbocycles. The van der Waals surface area contributed by atoms with Gasteiger partial charge in [-0.05, 0) is 60.1 Å². The van der Waals surface area contributed by atoms with Gasteiger partial charge >= 0.3 is 0 Å². The molecular formula is C34H54O12. The molecule has 0 spiro atoms. The Morgan fingerprint density at radius 1 is 0.413 bits per heavy atom. The van der Waals surface area contributed by atoms with Crippen molar-refractivity contribution in [3.05, 3.63) is 47.5 Å². The highest BCUT2D eigenvalue weighted by Crippen LogP contribution is 2.33. The molecule has 0 fully saturated rings. The van der Waals surface area contributed by atoms with E-state index < -0.39 is 0 Å². The third-order valence-electron chi connectivity index (χ3n) is 6.99. The summed E-state index contributed by atoms with van der Waals surface area (Å²) >= 11 is 0. The average Bonchev–Trinajstić information content (AvgIpc) is 3.05. The summed E-state index contributed by atoms with van der Waals surface area (Å²) in [6.07, 6.45) is 1.66. The lowest BCUT2D eigenvalue weighted by Gasteiger charge is -2.22. The summed E-state index contributed by atoms with van der Waals surface area (Å²) in [6.45, 7) is 8.05. The zero-order valence-corrected chi connectivity index (χ0v) is 27.4. The topological polar surface area (TPSA) is 155 Å². The molecular weight excluding hydrogens is 600 g/mol. The first-order chi connectivity index (χ1) is 22.5. The summed E-state index contributed by atoms with van der Waals surface area (Å²) in [7, 11) is 0. The molecule has 0 aliphatic heterocycles. The van der Waals surface area contributed by atoms with Gasteiger partial charge in [0, 0.05) is 0 Å². The SMILES string of the molecule is C[C@H](Cc1ccc(OCCOCCO)c(OCCOCCO)c1)[C@@H](C)Cc1ccc(OCCOCCO)c(OCCOCCO)c1. The summed E-state index contributed by atoms with van der Waals surface area (Å²) < 4.78 is 45.0. The Hall–Kier alpha value is -2.68. The summed E-state index contributed by atoms with van der Waals surface area (Å²) in [4.78, 5) is 0. The number of ether oxygens (including phenoxy) is 8. The molecule has 4 N–H and O–H groups in total. The molecule has 0 unspecified atom stereocenters. The lowest BCUT2D eigenvalue weighted by molar-refractivity contribution is 0.0644. The molecule has 0 aliphatic rings. The van der Waals surface area contributed by atoms with Crippen molar-refractivity contribution in [1.29, 1.82) is 0 Å². The van der Waals surface area contributed by atoms with Crippen LogP contribution in [0.15, 0.2) is 36.4 Å². The Bertz CT molecular complexity index is 956. The fraction of sp³-hybridized carbons (Fsp3) is 0.647. The van der Waals surface area contributed by atoms with Crippen LogP contribution in [-0.4, -0.2) is 126 Å². The maximum atomic E-state index is 8.94. The minimum atomic E-state index is -0.0397. The molecule has 0 amide bonds. The smallest absolute Gasteiger partial charge is 0.161 e. The van der Waals surface area contributed by atoms with E-state index in [1.807, 2.05) is 36.4 Å². The predicted molar refractivity (Wildman–Crippen MR) is 172 cm³/mol. The van der Waals surface area contributed by atoms with Crippen LogP contribution in [0.1, 0.15) is 25.0 Å². The van der Waals surface area contributed by atoms with E-state index in [2.05, 4.69) is 13.8 Å². The molecule has 0 heterocycles. The second kappa shape index (κ2) is 25.4. The Morgan fingerprint density at radius 3 is 1.02 bits per heavy atom. The fourth-order valence-corrected chi connectivity index (χ4v) is 4.48. The summed E-state index contributed by atoms with van der Waals surface area (Å²) in [6, 6.07) is 11.9. The van der Waals surface area contributed by atoms with Gasteiger partial charge < -0.3 is 58.3 Å². The zero-order chi connectivity index (χ0) is 33.2. The molecule has 2 aromatic carbocycles. The van der Waals surface area contributed by atoms with Crippen LogP contribution < -0.4 is 18.9 Å². The Morgan fingerprint density at radius 2 is 0.717 bits per heavy atom. The molecule has 2 atom stereocenters. The normalized spacial score (nSPS) is 12.6. The van der Waals surface area contributed by atoms with Gasteiger partial charge in [0.25, 0.3) is 0 Å². The van der Waals surface area contributed by atoms with Gasteiger partial charge in [-0.15, -0.1) is 0 Å². The van der Waals surface area contributed by atoms with E-state index >= 15 is 0 Å². The molecule has 46 heavy (non-hydrogen) atoms. The molecule has 0 bridgehead atoms. The predicted octanol–water partition coefficient (Wildman–Crippen LogP) is 2.29. The fourth-order valence-electron chi connectivity index (χ4n) is 4.48. The number of aliphatic hydroxyl groups excluding tert-OH is 4. The van der Waals surface area contributed by atoms with Gasteiger partial charge in [-0.3, -0.25) is 0 Å². The molecule has 0 saturated heterocycles. The highest BCUT2D eigenvalue weighted by Gasteiger charge is 2.17. The molecule has 2 rings (SSSR count). The van der Waals surface area contributed by atoms with Gasteiger partial charge in [0.05, 0.1) is 79.3 Å². The van der Waals surface area contributed by atoms with Gasteiger partial charge in [0.15, 0.2) is 23.0 Å². The van der Waals surface area contributed by atoms with Gasteiger partial charge in [-0.1, -0.05) is 26.0 Å². The second-order valence-corrected chi connectivity index (χ2v) is 10.7. The monoisotopic (exact) mass is 654 g/mol. The summed E-state index contributed by atoms with van der Waals surface area (Å²) in [5.41, 5.74) is 2.24. The Labute approximate surface area is 273 Å². The first-order valence-electron chi connectivity index (χ1n) is 16.0. The summed E-state index contributed by atoms with van der Waals surface area (Å²) in [5, 5.41) is 35.7. The Balaban J connectivity index is 2.04. The lowest BCUT2D eigenvalue weighted by Crippen LogP contribution is -2.15. The van der Waals surface area contributed by atoms with Crippen molar-refractivity contribution in [1.82, 2.24) is 0 Å². The molecule has 0 aromatic heterocycles. The maximum absolute atomic E-state index is 8.94. The van der Waals surface area contributed by atoms with Crippen molar-refractivity contribution in [3.63, 3.8) is 0 Å². The van der Waals surface area contributed by atoms with Crippen LogP contribution in [0.25, 0.3) is 0 Å². The molecule has 0 saturated carbocycles. The number of rotatable bonds is 29. The third-order valence-corrected chi connectivity index (χ3v) is 6.99. The third kappa shape index (κ3) is 16.8. The van der Waals surface area contributed by atoms with Crippen LogP contribution in [0.3, 0.4) is 0 Å². The van der Waals surface area contributed by atoms with Crippen molar-refractivity contribution in [3.8, 4) is 23.0 Å². The van der Waals surface area contributed by atoms with Crippen LogP contribution in [0, 0.1) is 11.8 Å². The van der Waals surface area contributed by atoms with Crippen LogP contribution in [0.2, 0.25) is 0 Å². The molecule has 2 aromatic rings. The number of aliphatic hydroxyl groups is 4. The number of hydrogen-bond donors (Lipinski definition) is 4. The lowest BCUT2D eigenvalue weighted by atomic mass is 9.85. The first kappa shape index (κ1) is 39.5. The van der Waals surface area contributed by atoms with Crippen LogP contribution in [0.4, 0.5) is 0 Å². The molecule has 12 nitrogen and oxygen atoms in total. The van der Waals surface area contributed by atoms with Gasteiger partial charge in [-0.2, -0.15) is 0 Å². The maximum Gasteiger partial charge on any atom is 0.161 e. The standard InChI is InChI=1S/C34H54O12/c1-27(23-29-3-5-31(43-19-15-39-11-7-35)33(25-29)45-21-17-41-13-9-37)28(2)24-30-4-6-32(44-20-16-40-12-8-36)34(26-30)46-22-18-42-14-10-38/h3-6,25-28,35-38H,7-24H2,1-2H3/t27-,28+. The second-order valence-electron chi connectivity index (χ2n) is 10.7. The molecule has 262 valence electrons. The van der Waals surface area contributed by atoms with Gasteiger partial charge in [-0.25, -0.2) is 0 Å². The van der Waals surface area contributed by atoms with Crippen LogP contribution in [0.5, 0.6) is 23.0 Å². The van der Waals surface area contributed by atoms with Gasteiger partial charge in [0.1, 0.15) is 26.4 Å². The van der Waals surface area contributed by atoms with Crippen molar-refractivity contribution in [2.45, 2.75) is 26.7 Å². The highest BCUT2D eigenvalue weighted by atomic mass is 16.6. The van der Waals surface area contributed by atoms with Crippen molar-refractivity contribution >= 4 is 0 Å². The van der Waals surface area contributed by atoms with E-state index in [1.165, 1.54) is 0 Å². The average molecular weight is 655 g/mol. The van der Waals surface area contributed by atoms with E-state index in [0.29, 0.717) is 87.7 Å². The largest absolute Gasteiger partial charge is 0.487 e. The molecule has 0 radical (unpaired) electrons. The highest BCUT2D eigenvalue weighted by molar-refractivity contribution is 5.44. The zero-order valence-electron chi connectivity index (χ0n) is 27.4. The number of hydrogen-bond acceptors (Lipinski definition) is 12. The van der Waals surface area contributed by atoms with E-state index in [-0.39, 0.29) is 52.9 Å². The van der Waals surface area contributed by atoms with Crippen LogP contribution >= 0.6 is 0 Å². The quantitative estimate of drug-likeness (QED) is 0.0952. The number of benzene rings is 2. The van der Waals surface area contributed by atoms with Crippen molar-refractivity contribution in [2.75, 3.05) is 106 Å². The van der Waals surface area contributed by atoms with E-state index in [1.54, 1.807) is 0 Å². The Kier molecular flexibility index (Phi) is 21.8. The van der Waals surface area contributed by atoms with E-state index in [0.717, 1.165) is 24.0 Å². The minimum Gasteiger partial charge on any atom is -0.487 e.